The maximum Gasteiger partial charge on any atom is 0.270 e. The van der Waals surface area contributed by atoms with Crippen molar-refractivity contribution in [2.45, 2.75) is 0 Å². The number of nitro groups is 1. The number of benzene rings is 2. The minimum Gasteiger partial charge on any atom is -0.378 e. The summed E-state index contributed by atoms with van der Waals surface area (Å²) in [6, 6.07) is 12.1. The van der Waals surface area contributed by atoms with Crippen LogP contribution in [0.25, 0.3) is 0 Å². The van der Waals surface area contributed by atoms with E-state index in [-0.39, 0.29) is 16.4 Å². The summed E-state index contributed by atoms with van der Waals surface area (Å²) in [6.07, 6.45) is 0. The second kappa shape index (κ2) is 10.8. The molecule has 2 aliphatic rings. The monoisotopic (exact) mass is 484 g/mol. The van der Waals surface area contributed by atoms with E-state index in [9.17, 15) is 14.9 Å². The Balaban J connectivity index is 1.51. The Morgan fingerprint density at radius 2 is 1.68 bits per heavy atom. The number of nitrogens with one attached hydrogen (secondary N) is 2. The van der Waals surface area contributed by atoms with E-state index in [4.69, 9.17) is 17.0 Å². The lowest BCUT2D eigenvalue weighted by Gasteiger charge is -2.35. The van der Waals surface area contributed by atoms with E-state index in [1.165, 1.54) is 12.1 Å². The number of carbonyl (C=O) groups is 1. The van der Waals surface area contributed by atoms with Gasteiger partial charge in [0.1, 0.15) is 0 Å². The van der Waals surface area contributed by atoms with Crippen LogP contribution in [0.4, 0.5) is 22.7 Å². The lowest BCUT2D eigenvalue weighted by Crippen LogP contribution is -2.45. The maximum absolute atomic E-state index is 13.2. The second-order valence-electron chi connectivity index (χ2n) is 8.27. The van der Waals surface area contributed by atoms with E-state index in [1.807, 2.05) is 29.2 Å². The van der Waals surface area contributed by atoms with Crippen LogP contribution in [0.5, 0.6) is 0 Å². The molecular formula is C23H28N6O4S. The molecular weight excluding hydrogens is 456 g/mol. The average molecular weight is 485 g/mol. The molecule has 0 bridgehead atoms. The highest BCUT2D eigenvalue weighted by Crippen LogP contribution is 2.28. The van der Waals surface area contributed by atoms with Gasteiger partial charge >= 0.3 is 0 Å². The fourth-order valence-corrected chi connectivity index (χ4v) is 4.33. The van der Waals surface area contributed by atoms with Crippen molar-refractivity contribution < 1.29 is 14.5 Å². The molecule has 2 aliphatic heterocycles. The molecule has 0 aliphatic carbocycles. The Bertz CT molecular complexity index is 1070. The van der Waals surface area contributed by atoms with Gasteiger partial charge in [0.2, 0.25) is 0 Å². The van der Waals surface area contributed by atoms with Crippen molar-refractivity contribution in [3.05, 3.63) is 58.1 Å². The average Bonchev–Trinajstić information content (AvgIpc) is 2.85. The summed E-state index contributed by atoms with van der Waals surface area (Å²) in [7, 11) is 2.10. The first-order valence-corrected chi connectivity index (χ1v) is 11.6. The van der Waals surface area contributed by atoms with Gasteiger partial charge in [-0.2, -0.15) is 0 Å². The van der Waals surface area contributed by atoms with Crippen LogP contribution < -0.4 is 20.4 Å². The predicted octanol–water partition coefficient (Wildman–Crippen LogP) is 2.31. The molecule has 2 saturated heterocycles. The number of rotatable bonds is 5. The highest BCUT2D eigenvalue weighted by atomic mass is 32.1. The number of amides is 1. The van der Waals surface area contributed by atoms with Crippen molar-refractivity contribution in [3.63, 3.8) is 0 Å². The largest absolute Gasteiger partial charge is 0.378 e. The summed E-state index contributed by atoms with van der Waals surface area (Å²) < 4.78 is 5.39. The predicted molar refractivity (Wildman–Crippen MR) is 136 cm³/mol. The molecule has 180 valence electrons. The molecule has 2 fully saturated rings. The van der Waals surface area contributed by atoms with Gasteiger partial charge in [-0.1, -0.05) is 12.1 Å². The Hall–Kier alpha value is -3.28. The maximum atomic E-state index is 13.2. The van der Waals surface area contributed by atoms with Crippen LogP contribution in [0.3, 0.4) is 0 Å². The number of carbonyl (C=O) groups excluding carboxylic acids is 1. The number of anilines is 3. The number of hydrogen-bond donors (Lipinski definition) is 2. The first-order valence-electron chi connectivity index (χ1n) is 11.2. The normalized spacial score (nSPS) is 16.7. The number of non-ortho nitro benzene ring substituents is 1. The highest BCUT2D eigenvalue weighted by Gasteiger charge is 2.23. The smallest absolute Gasteiger partial charge is 0.270 e. The second-order valence-corrected chi connectivity index (χ2v) is 8.68. The van der Waals surface area contributed by atoms with Crippen LogP contribution in [0.2, 0.25) is 0 Å². The number of morpholine rings is 1. The lowest BCUT2D eigenvalue weighted by atomic mass is 10.1. The summed E-state index contributed by atoms with van der Waals surface area (Å²) in [5.74, 6) is -0.500. The fourth-order valence-electron chi connectivity index (χ4n) is 4.13. The standard InChI is InChI=1S/C23H28N6O4S/c1-26-8-10-27(11-9-26)21-5-3-2-4-19(21)24-23(34)25-22(30)18-16-17(29(31)32)6-7-20(18)28-12-14-33-15-13-28/h2-7,16H,8-15H2,1H3,(H2,24,25,30,34). The molecule has 4 rings (SSSR count). The quantitative estimate of drug-likeness (QED) is 0.376. The number of piperazine rings is 1. The molecule has 0 atom stereocenters. The molecule has 0 unspecified atom stereocenters. The summed E-state index contributed by atoms with van der Waals surface area (Å²) in [5, 5.41) is 17.3. The van der Waals surface area contributed by atoms with Gasteiger partial charge in [-0.25, -0.2) is 0 Å². The summed E-state index contributed by atoms with van der Waals surface area (Å²) in [6.45, 7) is 5.97. The van der Waals surface area contributed by atoms with Crippen LogP contribution in [0.15, 0.2) is 42.5 Å². The summed E-state index contributed by atoms with van der Waals surface area (Å²) in [4.78, 5) is 30.5. The first kappa shape index (κ1) is 23.9. The Morgan fingerprint density at radius 1 is 1.00 bits per heavy atom. The van der Waals surface area contributed by atoms with E-state index < -0.39 is 10.8 Å². The molecule has 2 aromatic rings. The Morgan fingerprint density at radius 3 is 2.38 bits per heavy atom. The number of para-hydroxylation sites is 2. The molecule has 34 heavy (non-hydrogen) atoms. The SMILES string of the molecule is CN1CCN(c2ccccc2NC(=S)NC(=O)c2cc([N+](=O)[O-])ccc2N2CCOCC2)CC1. The molecule has 10 nitrogen and oxygen atoms in total. The van der Waals surface area contributed by atoms with E-state index in [0.717, 1.165) is 37.6 Å². The van der Waals surface area contributed by atoms with Gasteiger partial charge in [0.05, 0.1) is 40.8 Å². The van der Waals surface area contributed by atoms with Crippen LogP contribution in [-0.2, 0) is 4.74 Å². The molecule has 0 saturated carbocycles. The number of ether oxygens (including phenoxy) is 1. The van der Waals surface area contributed by atoms with Crippen molar-refractivity contribution in [1.82, 2.24) is 10.2 Å². The zero-order chi connectivity index (χ0) is 24.1. The van der Waals surface area contributed by atoms with Gasteiger partial charge in [0.15, 0.2) is 5.11 Å². The van der Waals surface area contributed by atoms with Crippen molar-refractivity contribution in [2.24, 2.45) is 0 Å². The third-order valence-corrected chi connectivity index (χ3v) is 6.21. The number of nitrogens with zero attached hydrogens (tertiary/aromatic N) is 4. The van der Waals surface area contributed by atoms with Gasteiger partial charge < -0.3 is 24.8 Å². The first-order chi connectivity index (χ1) is 16.4. The zero-order valence-electron chi connectivity index (χ0n) is 19.0. The van der Waals surface area contributed by atoms with Gasteiger partial charge in [-0.3, -0.25) is 20.2 Å². The van der Waals surface area contributed by atoms with E-state index in [1.54, 1.807) is 6.07 Å². The van der Waals surface area contributed by atoms with Crippen LogP contribution >= 0.6 is 12.2 Å². The molecule has 2 aromatic carbocycles. The number of likely N-dealkylation sites (N-methyl/N-ethyl adjacent to an activating group) is 1. The molecule has 1 amide bonds. The van der Waals surface area contributed by atoms with Crippen molar-refractivity contribution in [2.75, 3.05) is 74.6 Å². The molecule has 0 radical (unpaired) electrons. The third kappa shape index (κ3) is 5.61. The van der Waals surface area contributed by atoms with Gasteiger partial charge in [0, 0.05) is 51.4 Å². The Kier molecular flexibility index (Phi) is 7.56. The molecule has 11 heteroatoms. The molecule has 2 heterocycles. The van der Waals surface area contributed by atoms with E-state index in [0.29, 0.717) is 32.0 Å². The number of nitro benzene ring substituents is 1. The third-order valence-electron chi connectivity index (χ3n) is 6.01. The topological polar surface area (TPSA) is 103 Å². The van der Waals surface area contributed by atoms with Gasteiger partial charge in [-0.05, 0) is 37.5 Å². The van der Waals surface area contributed by atoms with E-state index in [2.05, 4.69) is 27.5 Å². The van der Waals surface area contributed by atoms with Gasteiger partial charge in [0.25, 0.3) is 11.6 Å². The fraction of sp³-hybridized carbons (Fsp3) is 0.391. The lowest BCUT2D eigenvalue weighted by molar-refractivity contribution is -0.384. The van der Waals surface area contributed by atoms with Crippen molar-refractivity contribution >= 4 is 46.0 Å². The van der Waals surface area contributed by atoms with Crippen molar-refractivity contribution in [1.29, 1.82) is 0 Å². The van der Waals surface area contributed by atoms with Gasteiger partial charge in [-0.15, -0.1) is 0 Å². The minimum atomic E-state index is -0.511. The highest BCUT2D eigenvalue weighted by molar-refractivity contribution is 7.80. The Labute approximate surface area is 203 Å². The number of thiocarbonyl (C=S) groups is 1. The molecule has 0 spiro atoms. The van der Waals surface area contributed by atoms with Crippen LogP contribution in [-0.4, -0.2) is 80.4 Å². The molecule has 0 aromatic heterocycles. The van der Waals surface area contributed by atoms with Crippen LogP contribution in [0.1, 0.15) is 10.4 Å². The minimum absolute atomic E-state index is 0.131. The van der Waals surface area contributed by atoms with Crippen molar-refractivity contribution in [3.8, 4) is 0 Å². The van der Waals surface area contributed by atoms with E-state index >= 15 is 0 Å². The molecule has 2 N–H and O–H groups in total. The van der Waals surface area contributed by atoms with Crippen LogP contribution in [0, 0.1) is 10.1 Å². The number of hydrogen-bond acceptors (Lipinski definition) is 8. The zero-order valence-corrected chi connectivity index (χ0v) is 19.8. The summed E-state index contributed by atoms with van der Waals surface area (Å²) in [5.41, 5.74) is 2.47. The summed E-state index contributed by atoms with van der Waals surface area (Å²) >= 11 is 5.44.